The number of rotatable bonds is 6. The van der Waals surface area contributed by atoms with E-state index >= 15 is 0 Å². The fourth-order valence-electron chi connectivity index (χ4n) is 2.38. The molecule has 4 heteroatoms. The average Bonchev–Trinajstić information content (AvgIpc) is 2.91. The van der Waals surface area contributed by atoms with Crippen LogP contribution in [0, 0.1) is 0 Å². The Kier molecular flexibility index (Phi) is 5.91. The lowest BCUT2D eigenvalue weighted by molar-refractivity contribution is 0.0902. The number of ether oxygens (including phenoxy) is 2. The third-order valence-corrected chi connectivity index (χ3v) is 3.87. The molecule has 1 aromatic rings. The maximum atomic E-state index is 6.29. The van der Waals surface area contributed by atoms with Gasteiger partial charge in [0.1, 0.15) is 5.75 Å². The molecule has 0 spiro atoms. The van der Waals surface area contributed by atoms with Crippen LogP contribution in [0.25, 0.3) is 0 Å². The van der Waals surface area contributed by atoms with Crippen molar-refractivity contribution in [1.29, 1.82) is 0 Å². The molecule has 0 radical (unpaired) electrons. The third kappa shape index (κ3) is 5.50. The van der Waals surface area contributed by atoms with Gasteiger partial charge in [-0.3, -0.25) is 0 Å². The summed E-state index contributed by atoms with van der Waals surface area (Å²) in [6.07, 6.45) is 3.59. The van der Waals surface area contributed by atoms with Gasteiger partial charge in [-0.05, 0) is 39.7 Å². The Bertz CT molecular complexity index is 451. The number of benzene rings is 1. The second-order valence-corrected chi connectivity index (χ2v) is 7.01. The van der Waals surface area contributed by atoms with Gasteiger partial charge in [-0.25, -0.2) is 0 Å². The first kappa shape index (κ1) is 16.6. The van der Waals surface area contributed by atoms with Crippen LogP contribution in [0.5, 0.6) is 5.75 Å². The second-order valence-electron chi connectivity index (χ2n) is 6.60. The molecular weight excluding hydrogens is 286 g/mol. The van der Waals surface area contributed by atoms with Crippen molar-refractivity contribution >= 4 is 11.6 Å². The molecule has 2 rings (SSSR count). The number of para-hydroxylation sites is 1. The van der Waals surface area contributed by atoms with E-state index in [2.05, 4.69) is 32.2 Å². The molecule has 0 bridgehead atoms. The summed E-state index contributed by atoms with van der Waals surface area (Å²) in [5, 5.41) is 4.15. The van der Waals surface area contributed by atoms with E-state index < -0.39 is 0 Å². The highest BCUT2D eigenvalue weighted by Crippen LogP contribution is 2.29. The van der Waals surface area contributed by atoms with Crippen LogP contribution in [0.2, 0.25) is 5.02 Å². The van der Waals surface area contributed by atoms with Crippen molar-refractivity contribution in [2.45, 2.75) is 58.2 Å². The van der Waals surface area contributed by atoms with E-state index in [4.69, 9.17) is 21.1 Å². The van der Waals surface area contributed by atoms with E-state index in [1.807, 2.05) is 12.1 Å². The van der Waals surface area contributed by atoms with Crippen LogP contribution in [0.3, 0.4) is 0 Å². The zero-order valence-corrected chi connectivity index (χ0v) is 14.0. The van der Waals surface area contributed by atoms with Gasteiger partial charge in [-0.15, -0.1) is 0 Å². The van der Waals surface area contributed by atoms with Crippen molar-refractivity contribution in [3.05, 3.63) is 28.8 Å². The summed E-state index contributed by atoms with van der Waals surface area (Å²) in [6.45, 7) is 8.73. The molecule has 1 saturated heterocycles. The summed E-state index contributed by atoms with van der Waals surface area (Å²) in [4.78, 5) is 0. The molecule has 0 aromatic heterocycles. The van der Waals surface area contributed by atoms with E-state index in [0.717, 1.165) is 43.7 Å². The van der Waals surface area contributed by atoms with Crippen LogP contribution < -0.4 is 10.1 Å². The van der Waals surface area contributed by atoms with Crippen LogP contribution >= 0.6 is 11.6 Å². The molecule has 1 N–H and O–H groups in total. The lowest BCUT2D eigenvalue weighted by Gasteiger charge is -2.22. The lowest BCUT2D eigenvalue weighted by Crippen LogP contribution is -2.35. The highest BCUT2D eigenvalue weighted by molar-refractivity contribution is 6.32. The third-order valence-electron chi connectivity index (χ3n) is 3.57. The Balaban J connectivity index is 1.93. The Hall–Kier alpha value is -0.770. The molecule has 1 atom stereocenters. The summed E-state index contributed by atoms with van der Waals surface area (Å²) < 4.78 is 11.6. The average molecular weight is 312 g/mol. The molecule has 21 heavy (non-hydrogen) atoms. The van der Waals surface area contributed by atoms with E-state index in [9.17, 15) is 0 Å². The summed E-state index contributed by atoms with van der Waals surface area (Å²) in [7, 11) is 0. The Morgan fingerprint density at radius 3 is 2.86 bits per heavy atom. The molecule has 0 saturated carbocycles. The zero-order valence-electron chi connectivity index (χ0n) is 13.2. The SMILES string of the molecule is CC(C)(C)NCc1cccc(Cl)c1OCCC1CCCO1. The highest BCUT2D eigenvalue weighted by atomic mass is 35.5. The fourth-order valence-corrected chi connectivity index (χ4v) is 2.63. The molecule has 3 nitrogen and oxygen atoms in total. The minimum Gasteiger partial charge on any atom is -0.492 e. The van der Waals surface area contributed by atoms with Crippen LogP contribution in [0.4, 0.5) is 0 Å². The molecular formula is C17H26ClNO2. The molecule has 0 amide bonds. The molecule has 0 aliphatic carbocycles. The Labute approximate surface area is 133 Å². The quantitative estimate of drug-likeness (QED) is 0.855. The van der Waals surface area contributed by atoms with Crippen molar-refractivity contribution in [2.24, 2.45) is 0 Å². The van der Waals surface area contributed by atoms with Crippen molar-refractivity contribution < 1.29 is 9.47 Å². The van der Waals surface area contributed by atoms with Crippen LogP contribution in [0.15, 0.2) is 18.2 Å². The Morgan fingerprint density at radius 2 is 2.19 bits per heavy atom. The summed E-state index contributed by atoms with van der Waals surface area (Å²) in [5.41, 5.74) is 1.17. The number of nitrogens with one attached hydrogen (secondary N) is 1. The molecule has 1 heterocycles. The predicted molar refractivity (Wildman–Crippen MR) is 87.1 cm³/mol. The number of hydrogen-bond donors (Lipinski definition) is 1. The van der Waals surface area contributed by atoms with Crippen molar-refractivity contribution in [3.8, 4) is 5.75 Å². The molecule has 1 unspecified atom stereocenters. The lowest BCUT2D eigenvalue weighted by atomic mass is 10.1. The number of hydrogen-bond acceptors (Lipinski definition) is 3. The van der Waals surface area contributed by atoms with Gasteiger partial charge in [0, 0.05) is 30.7 Å². The first-order valence-corrected chi connectivity index (χ1v) is 8.10. The van der Waals surface area contributed by atoms with Gasteiger partial charge in [-0.1, -0.05) is 23.7 Å². The van der Waals surface area contributed by atoms with Gasteiger partial charge in [0.05, 0.1) is 17.7 Å². The summed E-state index contributed by atoms with van der Waals surface area (Å²) >= 11 is 6.29. The smallest absolute Gasteiger partial charge is 0.142 e. The van der Waals surface area contributed by atoms with Crippen molar-refractivity contribution in [3.63, 3.8) is 0 Å². The normalized spacial score (nSPS) is 19.0. The zero-order chi connectivity index (χ0) is 15.3. The van der Waals surface area contributed by atoms with Crippen LogP contribution in [-0.4, -0.2) is 24.9 Å². The number of halogens is 1. The standard InChI is InChI=1S/C17H26ClNO2/c1-17(2,3)19-12-13-6-4-8-15(18)16(13)21-11-9-14-7-5-10-20-14/h4,6,8,14,19H,5,7,9-12H2,1-3H3. The van der Waals surface area contributed by atoms with Gasteiger partial charge in [0.25, 0.3) is 0 Å². The van der Waals surface area contributed by atoms with Crippen molar-refractivity contribution in [1.82, 2.24) is 5.32 Å². The van der Waals surface area contributed by atoms with Crippen LogP contribution in [-0.2, 0) is 11.3 Å². The highest BCUT2D eigenvalue weighted by Gasteiger charge is 2.17. The maximum absolute atomic E-state index is 6.29. The fraction of sp³-hybridized carbons (Fsp3) is 0.647. The minimum absolute atomic E-state index is 0.0667. The Morgan fingerprint density at radius 1 is 1.38 bits per heavy atom. The van der Waals surface area contributed by atoms with Crippen molar-refractivity contribution in [2.75, 3.05) is 13.2 Å². The van der Waals surface area contributed by atoms with Gasteiger partial charge < -0.3 is 14.8 Å². The monoisotopic (exact) mass is 311 g/mol. The van der Waals surface area contributed by atoms with Gasteiger partial charge in [0.15, 0.2) is 0 Å². The maximum Gasteiger partial charge on any atom is 0.142 e. The molecule has 118 valence electrons. The summed E-state index contributed by atoms with van der Waals surface area (Å²) in [6, 6.07) is 5.91. The van der Waals surface area contributed by atoms with E-state index in [0.29, 0.717) is 17.7 Å². The van der Waals surface area contributed by atoms with Gasteiger partial charge in [0.2, 0.25) is 0 Å². The molecule has 1 fully saturated rings. The topological polar surface area (TPSA) is 30.5 Å². The molecule has 1 aromatic carbocycles. The molecule has 1 aliphatic rings. The van der Waals surface area contributed by atoms with E-state index in [-0.39, 0.29) is 5.54 Å². The predicted octanol–water partition coefficient (Wildman–Crippen LogP) is 4.18. The van der Waals surface area contributed by atoms with E-state index in [1.165, 1.54) is 0 Å². The first-order chi connectivity index (χ1) is 9.96. The minimum atomic E-state index is 0.0667. The first-order valence-electron chi connectivity index (χ1n) is 7.72. The largest absolute Gasteiger partial charge is 0.492 e. The van der Waals surface area contributed by atoms with Crippen LogP contribution in [0.1, 0.15) is 45.6 Å². The molecule has 1 aliphatic heterocycles. The van der Waals surface area contributed by atoms with Gasteiger partial charge in [-0.2, -0.15) is 0 Å². The summed E-state index contributed by atoms with van der Waals surface area (Å²) in [5.74, 6) is 0.800. The van der Waals surface area contributed by atoms with Gasteiger partial charge >= 0.3 is 0 Å². The van der Waals surface area contributed by atoms with E-state index in [1.54, 1.807) is 0 Å². The second kappa shape index (κ2) is 7.48.